The number of fused-ring (bicyclic) bond motifs is 1. The van der Waals surface area contributed by atoms with Crippen LogP contribution in [0, 0.1) is 19.3 Å². The molecule has 1 amide bonds. The lowest BCUT2D eigenvalue weighted by molar-refractivity contribution is 0.105. The highest BCUT2D eigenvalue weighted by atomic mass is 16.6. The van der Waals surface area contributed by atoms with E-state index in [9.17, 15) is 4.79 Å². The molecule has 0 bridgehead atoms. The maximum Gasteiger partial charge on any atom is 0.409 e. The molecule has 0 N–H and O–H groups in total. The lowest BCUT2D eigenvalue weighted by Gasteiger charge is -2.36. The summed E-state index contributed by atoms with van der Waals surface area (Å²) < 4.78 is 5.17. The second-order valence-corrected chi connectivity index (χ2v) is 9.01. The normalized spacial score (nSPS) is 17.4. The third kappa shape index (κ3) is 5.39. The van der Waals surface area contributed by atoms with Gasteiger partial charge in [-0.2, -0.15) is 0 Å². The summed E-state index contributed by atoms with van der Waals surface area (Å²) in [7, 11) is 0. The van der Waals surface area contributed by atoms with Gasteiger partial charge in [-0.15, -0.1) is 6.42 Å². The zero-order valence-electron chi connectivity index (χ0n) is 19.9. The fourth-order valence-corrected chi connectivity index (χ4v) is 5.01. The van der Waals surface area contributed by atoms with E-state index in [0.29, 0.717) is 38.8 Å². The highest BCUT2D eigenvalue weighted by molar-refractivity contribution is 5.91. The number of piperazine rings is 1. The van der Waals surface area contributed by atoms with Crippen LogP contribution in [0.2, 0.25) is 0 Å². The average molecular weight is 450 g/mol. The zero-order valence-corrected chi connectivity index (χ0v) is 19.9. The highest BCUT2D eigenvalue weighted by Gasteiger charge is 2.26. The number of hydrogen-bond donors (Lipinski definition) is 0. The van der Waals surface area contributed by atoms with Crippen molar-refractivity contribution < 1.29 is 9.53 Å². The first-order valence-electron chi connectivity index (χ1n) is 12.2. The number of benzene rings is 1. The standard InChI is InChI=1S/C26H35N5O2/c1-4-14-31(21-11-7-6-8-12-21)19-23-27-24-20(3)10-9-13-22(24)25(28-23)29-15-17-30(18-16-29)26(32)33-5-2/h1,9-10,13,21H,5-8,11-12,14-19H2,2-3H3. The number of ether oxygens (including phenoxy) is 1. The molecule has 0 radical (unpaired) electrons. The van der Waals surface area contributed by atoms with Crippen molar-refractivity contribution in [3.8, 4) is 12.3 Å². The SMILES string of the molecule is C#CCN(Cc1nc(N2CCN(C(=O)OCC)CC2)c2cccc(C)c2n1)C1CCCCC1. The molecule has 0 unspecified atom stereocenters. The van der Waals surface area contributed by atoms with E-state index in [1.807, 2.05) is 6.92 Å². The summed E-state index contributed by atoms with van der Waals surface area (Å²) >= 11 is 0. The Morgan fingerprint density at radius 2 is 1.94 bits per heavy atom. The third-order valence-corrected chi connectivity index (χ3v) is 6.79. The van der Waals surface area contributed by atoms with E-state index in [4.69, 9.17) is 21.1 Å². The Hall–Kier alpha value is -2.85. The van der Waals surface area contributed by atoms with Crippen LogP contribution in [0.3, 0.4) is 0 Å². The first-order chi connectivity index (χ1) is 16.1. The molecule has 1 aliphatic heterocycles. The van der Waals surface area contributed by atoms with Crippen LogP contribution in [0.5, 0.6) is 0 Å². The van der Waals surface area contributed by atoms with Crippen LogP contribution in [-0.4, -0.2) is 71.2 Å². The van der Waals surface area contributed by atoms with E-state index in [0.717, 1.165) is 41.2 Å². The van der Waals surface area contributed by atoms with Crippen LogP contribution in [0.1, 0.15) is 50.4 Å². The number of para-hydroxylation sites is 1. The second kappa shape index (κ2) is 10.8. The number of hydrogen-bond acceptors (Lipinski definition) is 6. The monoisotopic (exact) mass is 449 g/mol. The quantitative estimate of drug-likeness (QED) is 0.622. The number of rotatable bonds is 6. The minimum Gasteiger partial charge on any atom is -0.450 e. The predicted molar refractivity (Wildman–Crippen MR) is 131 cm³/mol. The van der Waals surface area contributed by atoms with Gasteiger partial charge in [-0.05, 0) is 38.3 Å². The fraction of sp³-hybridized carbons (Fsp3) is 0.577. The predicted octanol–water partition coefficient (Wildman–Crippen LogP) is 3.98. The molecule has 7 heteroatoms. The molecule has 1 saturated heterocycles. The van der Waals surface area contributed by atoms with Crippen LogP contribution in [0.15, 0.2) is 18.2 Å². The van der Waals surface area contributed by atoms with Gasteiger partial charge < -0.3 is 14.5 Å². The molecular formula is C26H35N5O2. The van der Waals surface area contributed by atoms with Crippen LogP contribution < -0.4 is 4.90 Å². The molecule has 0 atom stereocenters. The van der Waals surface area contributed by atoms with Gasteiger partial charge in [-0.3, -0.25) is 4.90 Å². The first kappa shape index (κ1) is 23.3. The molecule has 1 aromatic carbocycles. The van der Waals surface area contributed by atoms with Crippen LogP contribution in [0.25, 0.3) is 10.9 Å². The molecule has 4 rings (SSSR count). The molecule has 2 aromatic rings. The van der Waals surface area contributed by atoms with Gasteiger partial charge in [0.05, 0.1) is 25.2 Å². The number of carbonyl (C=O) groups is 1. The maximum atomic E-state index is 12.1. The highest BCUT2D eigenvalue weighted by Crippen LogP contribution is 2.29. The Morgan fingerprint density at radius 1 is 1.18 bits per heavy atom. The number of carbonyl (C=O) groups excluding carboxylic acids is 1. The van der Waals surface area contributed by atoms with Gasteiger partial charge in [0.15, 0.2) is 0 Å². The Balaban J connectivity index is 1.61. The number of terminal acetylenes is 1. The van der Waals surface area contributed by atoms with Gasteiger partial charge in [0, 0.05) is 37.6 Å². The van der Waals surface area contributed by atoms with Crippen molar-refractivity contribution in [2.75, 3.05) is 44.2 Å². The summed E-state index contributed by atoms with van der Waals surface area (Å²) in [6, 6.07) is 6.76. The summed E-state index contributed by atoms with van der Waals surface area (Å²) in [5.41, 5.74) is 2.14. The van der Waals surface area contributed by atoms with Crippen molar-refractivity contribution in [3.63, 3.8) is 0 Å². The minimum absolute atomic E-state index is 0.237. The summed E-state index contributed by atoms with van der Waals surface area (Å²) in [6.45, 7) is 8.29. The van der Waals surface area contributed by atoms with Crippen LogP contribution >= 0.6 is 0 Å². The van der Waals surface area contributed by atoms with E-state index in [2.05, 4.69) is 40.8 Å². The summed E-state index contributed by atoms with van der Waals surface area (Å²) in [5.74, 6) is 4.62. The summed E-state index contributed by atoms with van der Waals surface area (Å²) in [4.78, 5) is 28.6. The Bertz CT molecular complexity index is 1000. The fourth-order valence-electron chi connectivity index (χ4n) is 5.01. The van der Waals surface area contributed by atoms with Gasteiger partial charge in [0.2, 0.25) is 0 Å². The van der Waals surface area contributed by atoms with E-state index < -0.39 is 0 Å². The third-order valence-electron chi connectivity index (χ3n) is 6.79. The van der Waals surface area contributed by atoms with Crippen molar-refractivity contribution in [1.29, 1.82) is 0 Å². The number of amides is 1. The van der Waals surface area contributed by atoms with Gasteiger partial charge in [-0.25, -0.2) is 14.8 Å². The van der Waals surface area contributed by atoms with Gasteiger partial charge in [-0.1, -0.05) is 37.3 Å². The topological polar surface area (TPSA) is 61.8 Å². The molecular weight excluding hydrogens is 414 g/mol. The van der Waals surface area contributed by atoms with Crippen molar-refractivity contribution in [2.45, 2.75) is 58.5 Å². The van der Waals surface area contributed by atoms with Gasteiger partial charge in [0.25, 0.3) is 0 Å². The average Bonchev–Trinajstić information content (AvgIpc) is 2.85. The molecule has 1 aromatic heterocycles. The van der Waals surface area contributed by atoms with E-state index >= 15 is 0 Å². The molecule has 0 spiro atoms. The number of nitrogens with zero attached hydrogens (tertiary/aromatic N) is 5. The Labute approximate surface area is 197 Å². The van der Waals surface area contributed by atoms with Gasteiger partial charge in [0.1, 0.15) is 11.6 Å². The van der Waals surface area contributed by atoms with Gasteiger partial charge >= 0.3 is 6.09 Å². The number of anilines is 1. The molecule has 2 aliphatic rings. The van der Waals surface area contributed by atoms with Crippen molar-refractivity contribution in [2.24, 2.45) is 0 Å². The lowest BCUT2D eigenvalue weighted by Crippen LogP contribution is -2.49. The smallest absolute Gasteiger partial charge is 0.409 e. The molecule has 1 saturated carbocycles. The lowest BCUT2D eigenvalue weighted by atomic mass is 9.94. The Morgan fingerprint density at radius 3 is 2.64 bits per heavy atom. The van der Waals surface area contributed by atoms with E-state index in [-0.39, 0.29) is 6.09 Å². The Kier molecular flexibility index (Phi) is 7.66. The van der Waals surface area contributed by atoms with E-state index in [1.165, 1.54) is 32.1 Å². The van der Waals surface area contributed by atoms with Crippen molar-refractivity contribution >= 4 is 22.8 Å². The van der Waals surface area contributed by atoms with E-state index in [1.54, 1.807) is 4.90 Å². The first-order valence-corrected chi connectivity index (χ1v) is 12.2. The molecule has 2 fully saturated rings. The summed E-state index contributed by atoms with van der Waals surface area (Å²) in [6.07, 6.45) is 11.7. The molecule has 7 nitrogen and oxygen atoms in total. The molecule has 176 valence electrons. The largest absolute Gasteiger partial charge is 0.450 e. The second-order valence-electron chi connectivity index (χ2n) is 9.01. The van der Waals surface area contributed by atoms with Crippen molar-refractivity contribution in [1.82, 2.24) is 19.8 Å². The molecule has 33 heavy (non-hydrogen) atoms. The molecule has 1 aliphatic carbocycles. The number of aromatic nitrogens is 2. The van der Waals surface area contributed by atoms with Crippen molar-refractivity contribution in [3.05, 3.63) is 29.6 Å². The summed E-state index contributed by atoms with van der Waals surface area (Å²) in [5, 5.41) is 1.06. The maximum absolute atomic E-state index is 12.1. The van der Waals surface area contributed by atoms with Crippen LogP contribution in [0.4, 0.5) is 10.6 Å². The van der Waals surface area contributed by atoms with Crippen LogP contribution in [-0.2, 0) is 11.3 Å². The minimum atomic E-state index is -0.237. The zero-order chi connectivity index (χ0) is 23.2. The number of aryl methyl sites for hydroxylation is 1. The molecule has 2 heterocycles.